The van der Waals surface area contributed by atoms with Gasteiger partial charge in [-0.2, -0.15) is 17.6 Å². The Morgan fingerprint density at radius 2 is 1.00 bits per heavy atom. The van der Waals surface area contributed by atoms with Gasteiger partial charge < -0.3 is 0 Å². The third kappa shape index (κ3) is 1.38. The van der Waals surface area contributed by atoms with Gasteiger partial charge in [-0.05, 0) is 15.9 Å². The minimum Gasteiger partial charge on any atom is -0.219 e. The van der Waals surface area contributed by atoms with Crippen molar-refractivity contribution in [3.05, 3.63) is 34.4 Å². The van der Waals surface area contributed by atoms with Gasteiger partial charge in [0.05, 0.1) is 11.1 Å². The van der Waals surface area contributed by atoms with Crippen molar-refractivity contribution in [1.29, 1.82) is 0 Å². The van der Waals surface area contributed by atoms with E-state index in [-0.39, 0.29) is 0 Å². The highest BCUT2D eigenvalue weighted by atomic mass is 79.9. The molecule has 1 atom stereocenters. The van der Waals surface area contributed by atoms with Crippen molar-refractivity contribution in [2.75, 3.05) is 0 Å². The van der Waals surface area contributed by atoms with E-state index in [4.69, 9.17) is 0 Å². The van der Waals surface area contributed by atoms with Crippen molar-refractivity contribution in [3.8, 4) is 0 Å². The van der Waals surface area contributed by atoms with Gasteiger partial charge in [0.2, 0.25) is 0 Å². The zero-order valence-electron chi connectivity index (χ0n) is 8.28. The SMILES string of the molecule is Fc1c(F)c(F)c2c(c1F)C(F)(F)C(F)(F)C2(F)Br. The van der Waals surface area contributed by atoms with Crippen molar-refractivity contribution in [1.82, 2.24) is 0 Å². The first-order valence-corrected chi connectivity index (χ1v) is 5.18. The maximum absolute atomic E-state index is 13.6. The number of rotatable bonds is 0. The first-order valence-electron chi connectivity index (χ1n) is 4.39. The Labute approximate surface area is 107 Å². The highest BCUT2D eigenvalue weighted by molar-refractivity contribution is 9.09. The molecule has 0 saturated heterocycles. The molecule has 0 N–H and O–H groups in total. The van der Waals surface area contributed by atoms with Crippen LogP contribution in [0.15, 0.2) is 0 Å². The summed E-state index contributed by atoms with van der Waals surface area (Å²) >= 11 is 1.49. The Kier molecular flexibility index (Phi) is 2.73. The number of halogens is 10. The second kappa shape index (κ2) is 3.58. The summed E-state index contributed by atoms with van der Waals surface area (Å²) in [5.74, 6) is -22.0. The normalized spacial score (nSPS) is 27.5. The molecule has 0 saturated carbocycles. The second-order valence-electron chi connectivity index (χ2n) is 3.73. The Bertz CT molecular complexity index is 529. The summed E-state index contributed by atoms with van der Waals surface area (Å²) in [5.41, 5.74) is -4.84. The van der Waals surface area contributed by atoms with E-state index in [0.717, 1.165) is 0 Å². The second-order valence-corrected chi connectivity index (χ2v) is 4.82. The average Bonchev–Trinajstić information content (AvgIpc) is 2.39. The quantitative estimate of drug-likeness (QED) is 0.277. The van der Waals surface area contributed by atoms with Gasteiger partial charge in [-0.25, -0.2) is 22.0 Å². The van der Waals surface area contributed by atoms with Crippen LogP contribution in [0, 0.1) is 23.3 Å². The molecule has 10 heteroatoms. The fourth-order valence-corrected chi connectivity index (χ4v) is 2.35. The summed E-state index contributed by atoms with van der Waals surface area (Å²) in [6.45, 7) is 0. The number of benzene rings is 1. The average molecular weight is 359 g/mol. The van der Waals surface area contributed by atoms with E-state index in [1.54, 1.807) is 0 Å². The van der Waals surface area contributed by atoms with E-state index in [1.807, 2.05) is 0 Å². The summed E-state index contributed by atoms with van der Waals surface area (Å²) in [6, 6.07) is 0. The molecule has 0 fully saturated rings. The van der Waals surface area contributed by atoms with Gasteiger partial charge in [-0.15, -0.1) is 0 Å². The molecule has 0 spiro atoms. The maximum atomic E-state index is 13.6. The Morgan fingerprint density at radius 1 is 0.632 bits per heavy atom. The largest absolute Gasteiger partial charge is 0.361 e. The predicted octanol–water partition coefficient (Wildman–Crippen LogP) is 4.50. The summed E-state index contributed by atoms with van der Waals surface area (Å²) in [4.78, 5) is 0. The zero-order chi connectivity index (χ0) is 15.0. The summed E-state index contributed by atoms with van der Waals surface area (Å²) in [6.07, 6.45) is 0. The molecule has 1 aromatic rings. The molecule has 0 heterocycles. The van der Waals surface area contributed by atoms with E-state index >= 15 is 0 Å². The molecule has 0 amide bonds. The topological polar surface area (TPSA) is 0 Å². The van der Waals surface area contributed by atoms with Crippen LogP contribution in [0.25, 0.3) is 0 Å². The molecule has 19 heavy (non-hydrogen) atoms. The van der Waals surface area contributed by atoms with Crippen LogP contribution in [0.2, 0.25) is 0 Å². The smallest absolute Gasteiger partial charge is 0.219 e. The lowest BCUT2D eigenvalue weighted by molar-refractivity contribution is -0.241. The van der Waals surface area contributed by atoms with Crippen molar-refractivity contribution < 1.29 is 39.5 Å². The number of hydrogen-bond donors (Lipinski definition) is 0. The predicted molar refractivity (Wildman–Crippen MR) is 46.8 cm³/mol. The van der Waals surface area contributed by atoms with Gasteiger partial charge in [0.1, 0.15) is 0 Å². The maximum Gasteiger partial charge on any atom is 0.361 e. The summed E-state index contributed by atoms with van der Waals surface area (Å²) in [5, 5.41) is 0. The minimum absolute atomic E-state index is 1.49. The molecule has 0 aliphatic heterocycles. The fraction of sp³-hybridized carbons (Fsp3) is 0.333. The molecular weight excluding hydrogens is 359 g/mol. The minimum atomic E-state index is -5.63. The zero-order valence-corrected chi connectivity index (χ0v) is 9.87. The number of hydrogen-bond acceptors (Lipinski definition) is 0. The lowest BCUT2D eigenvalue weighted by Crippen LogP contribution is -2.42. The van der Waals surface area contributed by atoms with Gasteiger partial charge >= 0.3 is 11.8 Å². The van der Waals surface area contributed by atoms with E-state index in [2.05, 4.69) is 0 Å². The van der Waals surface area contributed by atoms with Gasteiger partial charge in [0.25, 0.3) is 4.58 Å². The lowest BCUT2D eigenvalue weighted by atomic mass is 10.1. The number of fused-ring (bicyclic) bond motifs is 1. The van der Waals surface area contributed by atoms with Crippen molar-refractivity contribution in [2.45, 2.75) is 16.4 Å². The molecule has 106 valence electrons. The molecule has 0 nitrogen and oxygen atoms in total. The van der Waals surface area contributed by atoms with Crippen LogP contribution in [0.5, 0.6) is 0 Å². The lowest BCUT2D eigenvalue weighted by Gasteiger charge is -2.25. The van der Waals surface area contributed by atoms with Gasteiger partial charge in [0, 0.05) is 0 Å². The Hall–Kier alpha value is -0.930. The third-order valence-corrected chi connectivity index (χ3v) is 3.58. The van der Waals surface area contributed by atoms with Gasteiger partial charge in [-0.3, -0.25) is 0 Å². The number of alkyl halides is 6. The van der Waals surface area contributed by atoms with Crippen LogP contribution in [0.4, 0.5) is 39.5 Å². The van der Waals surface area contributed by atoms with Crippen LogP contribution in [-0.2, 0) is 10.5 Å². The van der Waals surface area contributed by atoms with Crippen molar-refractivity contribution in [3.63, 3.8) is 0 Å². The molecule has 0 bridgehead atoms. The third-order valence-electron chi connectivity index (χ3n) is 2.68. The van der Waals surface area contributed by atoms with Crippen molar-refractivity contribution >= 4 is 15.9 Å². The van der Waals surface area contributed by atoms with Crippen LogP contribution in [-0.4, -0.2) is 5.92 Å². The first-order chi connectivity index (χ1) is 8.39. The highest BCUT2D eigenvalue weighted by Crippen LogP contribution is 2.66. The molecule has 0 aromatic heterocycles. The Morgan fingerprint density at radius 3 is 1.42 bits per heavy atom. The van der Waals surface area contributed by atoms with Crippen LogP contribution in [0.3, 0.4) is 0 Å². The summed E-state index contributed by atoms with van der Waals surface area (Å²) in [7, 11) is 0. The molecule has 1 aliphatic carbocycles. The molecular formula is C9BrF9. The van der Waals surface area contributed by atoms with Crippen LogP contribution < -0.4 is 0 Å². The van der Waals surface area contributed by atoms with E-state index in [1.165, 1.54) is 15.9 Å². The monoisotopic (exact) mass is 358 g/mol. The molecule has 1 unspecified atom stereocenters. The van der Waals surface area contributed by atoms with E-state index < -0.39 is 50.8 Å². The molecule has 1 aliphatic rings. The standard InChI is InChI=1S/C9BrF9/c10-7(15)1-2(8(16,17)9(7,18)19)4(12)6(14)5(13)3(1)11. The van der Waals surface area contributed by atoms with Crippen LogP contribution in [0.1, 0.15) is 11.1 Å². The van der Waals surface area contributed by atoms with Gasteiger partial charge in [-0.1, -0.05) is 0 Å². The van der Waals surface area contributed by atoms with Crippen molar-refractivity contribution in [2.24, 2.45) is 0 Å². The molecule has 0 radical (unpaired) electrons. The fourth-order valence-electron chi connectivity index (χ4n) is 1.73. The first kappa shape index (κ1) is 14.5. The molecule has 2 rings (SSSR count). The van der Waals surface area contributed by atoms with Crippen LogP contribution >= 0.6 is 15.9 Å². The molecule has 1 aromatic carbocycles. The van der Waals surface area contributed by atoms with E-state index in [9.17, 15) is 39.5 Å². The highest BCUT2D eigenvalue weighted by Gasteiger charge is 2.79. The summed E-state index contributed by atoms with van der Waals surface area (Å²) < 4.78 is 114. The van der Waals surface area contributed by atoms with Gasteiger partial charge in [0.15, 0.2) is 23.3 Å². The van der Waals surface area contributed by atoms with E-state index in [0.29, 0.717) is 0 Å². The Balaban J connectivity index is 3.02.